The van der Waals surface area contributed by atoms with Gasteiger partial charge < -0.3 is 0 Å². The summed E-state index contributed by atoms with van der Waals surface area (Å²) in [6, 6.07) is 0. The SMILES string of the molecule is C=C(C)/C(=C/C(=C\C)[N+](=O)[O-])C(=C)F.CC(C)(C)[SH+]O.CCC. The van der Waals surface area contributed by atoms with Crippen LogP contribution in [0, 0.1) is 10.1 Å². The second-order valence-corrected chi connectivity index (χ2v) is 7.23. The van der Waals surface area contributed by atoms with Crippen LogP contribution in [0.1, 0.15) is 54.9 Å². The highest BCUT2D eigenvalue weighted by Gasteiger charge is 2.16. The molecule has 0 aromatic rings. The Morgan fingerprint density at radius 2 is 1.70 bits per heavy atom. The van der Waals surface area contributed by atoms with Crippen molar-refractivity contribution in [1.82, 2.24) is 0 Å². The Labute approximate surface area is 144 Å². The van der Waals surface area contributed by atoms with Crippen molar-refractivity contribution in [3.8, 4) is 0 Å². The van der Waals surface area contributed by atoms with Gasteiger partial charge in [-0.05, 0) is 46.3 Å². The maximum atomic E-state index is 12.8. The summed E-state index contributed by atoms with van der Waals surface area (Å²) < 4.78 is 21.2. The van der Waals surface area contributed by atoms with E-state index < -0.39 is 10.8 Å². The lowest BCUT2D eigenvalue weighted by Crippen LogP contribution is -2.14. The van der Waals surface area contributed by atoms with Crippen LogP contribution in [0.3, 0.4) is 0 Å². The second-order valence-electron chi connectivity index (χ2n) is 5.69. The summed E-state index contributed by atoms with van der Waals surface area (Å²) in [5, 5.41) is 10.4. The predicted molar refractivity (Wildman–Crippen MR) is 101 cm³/mol. The fraction of sp³-hybridized carbons (Fsp3) is 0.529. The van der Waals surface area contributed by atoms with Crippen molar-refractivity contribution >= 4 is 12.0 Å². The number of hydrogen-bond acceptors (Lipinski definition) is 3. The molecule has 0 saturated carbocycles. The lowest BCUT2D eigenvalue weighted by molar-refractivity contribution is -0.419. The van der Waals surface area contributed by atoms with Gasteiger partial charge in [-0.3, -0.25) is 10.1 Å². The molecule has 0 fully saturated rings. The molecule has 23 heavy (non-hydrogen) atoms. The van der Waals surface area contributed by atoms with Gasteiger partial charge in [-0.25, -0.2) is 4.39 Å². The lowest BCUT2D eigenvalue weighted by atomic mass is 10.1. The Kier molecular flexibility index (Phi) is 16.4. The number of thiol groups is 1. The molecule has 0 amide bonds. The minimum absolute atomic E-state index is 0.0646. The monoisotopic (exact) mass is 348 g/mol. The third-order valence-corrected chi connectivity index (χ3v) is 2.45. The van der Waals surface area contributed by atoms with Crippen LogP contribution in [0.2, 0.25) is 0 Å². The van der Waals surface area contributed by atoms with Gasteiger partial charge in [0.25, 0.3) is 5.70 Å². The van der Waals surface area contributed by atoms with Gasteiger partial charge in [0.15, 0.2) is 0 Å². The largest absolute Gasteiger partial charge is 0.265 e. The van der Waals surface area contributed by atoms with Gasteiger partial charge in [0.05, 0.1) is 4.92 Å². The number of hydrogen-bond donors (Lipinski definition) is 1. The van der Waals surface area contributed by atoms with Crippen LogP contribution in [0.15, 0.2) is 48.0 Å². The molecule has 0 saturated heterocycles. The standard InChI is InChI=1S/C10H12FNO2.C4H10OS.C3H8/c1-5-9(12(13)14)6-10(7(2)3)8(4)11;1-4(2,3)6-5;1-3-2/h5-6H,2,4H2,1,3H3;5H,1-3H3;3H2,1-2H3/p+1/b9-5+,10-6-;;. The molecule has 0 heterocycles. The van der Waals surface area contributed by atoms with E-state index in [2.05, 4.69) is 27.0 Å². The predicted octanol–water partition coefficient (Wildman–Crippen LogP) is 5.64. The lowest BCUT2D eigenvalue weighted by Gasteiger charge is -2.01. The van der Waals surface area contributed by atoms with E-state index >= 15 is 0 Å². The van der Waals surface area contributed by atoms with Crippen LogP contribution < -0.4 is 0 Å². The topological polar surface area (TPSA) is 63.4 Å². The van der Waals surface area contributed by atoms with E-state index in [4.69, 9.17) is 4.55 Å². The van der Waals surface area contributed by atoms with Crippen molar-refractivity contribution in [1.29, 1.82) is 0 Å². The first-order chi connectivity index (χ1) is 10.4. The van der Waals surface area contributed by atoms with Gasteiger partial charge in [0.2, 0.25) is 0 Å². The van der Waals surface area contributed by atoms with E-state index in [9.17, 15) is 14.5 Å². The Bertz CT molecular complexity index is 433. The van der Waals surface area contributed by atoms with Crippen LogP contribution in [-0.2, 0) is 12.0 Å². The molecule has 0 radical (unpaired) electrons. The first kappa shape index (κ1) is 26.5. The fourth-order valence-corrected chi connectivity index (χ4v) is 0.822. The summed E-state index contributed by atoms with van der Waals surface area (Å²) in [6.45, 7) is 19.8. The van der Waals surface area contributed by atoms with Gasteiger partial charge in [-0.15, -0.1) is 0 Å². The highest BCUT2D eigenvalue weighted by atomic mass is 32.2. The Morgan fingerprint density at radius 1 is 1.35 bits per heavy atom. The van der Waals surface area contributed by atoms with E-state index in [1.165, 1.54) is 19.4 Å². The van der Waals surface area contributed by atoms with Crippen molar-refractivity contribution in [2.45, 2.75) is 59.6 Å². The Balaban J connectivity index is -0.000000368. The van der Waals surface area contributed by atoms with Gasteiger partial charge in [0.1, 0.15) is 22.6 Å². The molecule has 1 N–H and O–H groups in total. The van der Waals surface area contributed by atoms with E-state index in [1.807, 2.05) is 20.8 Å². The van der Waals surface area contributed by atoms with Crippen molar-refractivity contribution in [3.05, 3.63) is 58.1 Å². The molecule has 0 spiro atoms. The zero-order chi connectivity index (χ0) is 19.2. The molecule has 0 aliphatic carbocycles. The third-order valence-electron chi connectivity index (χ3n) is 1.85. The van der Waals surface area contributed by atoms with Crippen LogP contribution >= 0.6 is 0 Å². The third kappa shape index (κ3) is 18.6. The highest BCUT2D eigenvalue weighted by molar-refractivity contribution is 7.74. The van der Waals surface area contributed by atoms with Gasteiger partial charge in [0, 0.05) is 11.6 Å². The molecule has 0 atom stereocenters. The average molecular weight is 349 g/mol. The molecule has 0 aromatic carbocycles. The maximum absolute atomic E-state index is 12.8. The minimum atomic E-state index is -0.723. The van der Waals surface area contributed by atoms with Crippen molar-refractivity contribution in [2.75, 3.05) is 0 Å². The number of allylic oxidation sites excluding steroid dienone is 5. The van der Waals surface area contributed by atoms with Gasteiger partial charge >= 0.3 is 0 Å². The van der Waals surface area contributed by atoms with Crippen LogP contribution in [0.5, 0.6) is 0 Å². The quantitative estimate of drug-likeness (QED) is 0.235. The van der Waals surface area contributed by atoms with E-state index in [0.717, 1.165) is 6.08 Å². The molecule has 0 bridgehead atoms. The molecule has 0 aromatic heterocycles. The van der Waals surface area contributed by atoms with E-state index in [0.29, 0.717) is 17.6 Å². The molecule has 0 unspecified atom stereocenters. The number of nitro groups is 1. The number of halogens is 1. The molecular weight excluding hydrogens is 317 g/mol. The van der Waals surface area contributed by atoms with E-state index in [-0.39, 0.29) is 16.0 Å². The molecule has 0 aliphatic rings. The summed E-state index contributed by atoms with van der Waals surface area (Å²) in [7, 11) is 0. The molecular formula is C17H31FNO3S+. The number of nitrogens with zero attached hydrogens (tertiary/aromatic N) is 1. The Morgan fingerprint density at radius 3 is 1.83 bits per heavy atom. The van der Waals surface area contributed by atoms with Crippen LogP contribution in [0.25, 0.3) is 0 Å². The van der Waals surface area contributed by atoms with Gasteiger partial charge in [-0.2, -0.15) is 4.55 Å². The van der Waals surface area contributed by atoms with Crippen LogP contribution in [0.4, 0.5) is 4.39 Å². The van der Waals surface area contributed by atoms with E-state index in [1.54, 1.807) is 6.92 Å². The minimum Gasteiger partial charge on any atom is -0.258 e. The second kappa shape index (κ2) is 14.2. The smallest absolute Gasteiger partial charge is 0.258 e. The summed E-state index contributed by atoms with van der Waals surface area (Å²) in [5.41, 5.74) is 0.287. The normalized spacial score (nSPS) is 11.5. The Hall–Kier alpha value is -1.40. The molecule has 0 rings (SSSR count). The zero-order valence-electron chi connectivity index (χ0n) is 15.3. The summed E-state index contributed by atoms with van der Waals surface area (Å²) in [6.07, 6.45) is 3.65. The molecule has 0 aliphatic heterocycles. The molecule has 4 nitrogen and oxygen atoms in total. The van der Waals surface area contributed by atoms with Crippen molar-refractivity contribution < 1.29 is 13.9 Å². The zero-order valence-corrected chi connectivity index (χ0v) is 16.2. The first-order valence-corrected chi connectivity index (χ1v) is 8.11. The van der Waals surface area contributed by atoms with Gasteiger partial charge in [-0.1, -0.05) is 33.4 Å². The summed E-state index contributed by atoms with van der Waals surface area (Å²) >= 11 is 0.475. The summed E-state index contributed by atoms with van der Waals surface area (Å²) in [5.74, 6) is -0.723. The van der Waals surface area contributed by atoms with Crippen molar-refractivity contribution in [2.24, 2.45) is 0 Å². The molecule has 134 valence electrons. The summed E-state index contributed by atoms with van der Waals surface area (Å²) in [4.78, 5) is 9.83. The van der Waals surface area contributed by atoms with Crippen LogP contribution in [-0.4, -0.2) is 14.2 Å². The maximum Gasteiger partial charge on any atom is 0.265 e. The van der Waals surface area contributed by atoms with Crippen molar-refractivity contribution in [3.63, 3.8) is 0 Å². The average Bonchev–Trinajstić information content (AvgIpc) is 2.39. The first-order valence-electron chi connectivity index (χ1n) is 7.27. The molecule has 6 heteroatoms. The highest BCUT2D eigenvalue weighted by Crippen LogP contribution is 2.19. The number of rotatable bonds is 4. The fourth-order valence-electron chi connectivity index (χ4n) is 0.822.